The van der Waals surface area contributed by atoms with Gasteiger partial charge in [0, 0.05) is 18.0 Å². The highest BCUT2D eigenvalue weighted by atomic mass is 35.5. The normalized spacial score (nSPS) is 11.8. The number of nitrogens with zero attached hydrogens (tertiary/aromatic N) is 2. The molecule has 0 unspecified atom stereocenters. The van der Waals surface area contributed by atoms with Gasteiger partial charge in [0.25, 0.3) is 0 Å². The van der Waals surface area contributed by atoms with Crippen LogP contribution in [0.25, 0.3) is 16.9 Å². The number of aromatic nitrogens is 2. The molecule has 148 valence electrons. The van der Waals surface area contributed by atoms with Gasteiger partial charge in [0.05, 0.1) is 16.3 Å². The van der Waals surface area contributed by atoms with E-state index in [1.54, 1.807) is 0 Å². The van der Waals surface area contributed by atoms with E-state index in [9.17, 15) is 13.2 Å². The summed E-state index contributed by atoms with van der Waals surface area (Å²) in [6.07, 6.45) is -1.95. The molecule has 2 aromatic carbocycles. The van der Waals surface area contributed by atoms with Gasteiger partial charge in [0.1, 0.15) is 12.4 Å². The largest absolute Gasteiger partial charge is 0.489 e. The summed E-state index contributed by atoms with van der Waals surface area (Å²) in [6.45, 7) is 2.36. The van der Waals surface area contributed by atoms with Crippen molar-refractivity contribution in [1.82, 2.24) is 9.38 Å². The SMILES string of the molecule is Cc1cc(-c2cn3cc(C(F)(F)F)cc(Cl)c3n2)ccc1OCc1ccccc1. The minimum Gasteiger partial charge on any atom is -0.489 e. The molecule has 0 radical (unpaired) electrons. The molecule has 0 spiro atoms. The molecule has 7 heteroatoms. The Labute approximate surface area is 170 Å². The predicted octanol–water partition coefficient (Wildman–Crippen LogP) is 6.56. The molecule has 0 fully saturated rings. The van der Waals surface area contributed by atoms with Gasteiger partial charge in [-0.25, -0.2) is 4.98 Å². The van der Waals surface area contributed by atoms with Crippen molar-refractivity contribution in [3.05, 3.63) is 88.7 Å². The third-order valence-electron chi connectivity index (χ3n) is 4.54. The Balaban J connectivity index is 1.62. The summed E-state index contributed by atoms with van der Waals surface area (Å²) in [4.78, 5) is 4.39. The summed E-state index contributed by atoms with van der Waals surface area (Å²) in [7, 11) is 0. The zero-order chi connectivity index (χ0) is 20.6. The van der Waals surface area contributed by atoms with Crippen LogP contribution in [0.2, 0.25) is 5.02 Å². The fraction of sp³-hybridized carbons (Fsp3) is 0.136. The van der Waals surface area contributed by atoms with Gasteiger partial charge in [-0.15, -0.1) is 0 Å². The molecule has 0 saturated carbocycles. The second kappa shape index (κ2) is 7.44. The van der Waals surface area contributed by atoms with Gasteiger partial charge in [-0.1, -0.05) is 41.9 Å². The number of halogens is 4. The van der Waals surface area contributed by atoms with Crippen molar-refractivity contribution in [3.63, 3.8) is 0 Å². The van der Waals surface area contributed by atoms with Crippen LogP contribution in [0.4, 0.5) is 13.2 Å². The summed E-state index contributed by atoms with van der Waals surface area (Å²) < 4.78 is 46.2. The molecule has 0 atom stereocenters. The first kappa shape index (κ1) is 19.3. The molecule has 2 heterocycles. The summed E-state index contributed by atoms with van der Waals surface area (Å²) >= 11 is 6.02. The zero-order valence-electron chi connectivity index (χ0n) is 15.4. The summed E-state index contributed by atoms with van der Waals surface area (Å²) in [6, 6.07) is 16.3. The van der Waals surface area contributed by atoms with E-state index in [0.717, 1.165) is 34.7 Å². The molecular formula is C22H16ClF3N2O. The highest BCUT2D eigenvalue weighted by Crippen LogP contribution is 2.33. The molecule has 3 nitrogen and oxygen atoms in total. The highest BCUT2D eigenvalue weighted by Gasteiger charge is 2.32. The van der Waals surface area contributed by atoms with Crippen molar-refractivity contribution in [3.8, 4) is 17.0 Å². The van der Waals surface area contributed by atoms with E-state index < -0.39 is 11.7 Å². The maximum absolute atomic E-state index is 13.0. The Kier molecular flexibility index (Phi) is 4.96. The molecule has 0 N–H and O–H groups in total. The minimum absolute atomic E-state index is 0.0504. The monoisotopic (exact) mass is 416 g/mol. The second-order valence-corrected chi connectivity index (χ2v) is 7.09. The molecular weight excluding hydrogens is 401 g/mol. The van der Waals surface area contributed by atoms with E-state index in [1.807, 2.05) is 55.5 Å². The molecule has 0 saturated heterocycles. The Morgan fingerprint density at radius 2 is 1.79 bits per heavy atom. The third-order valence-corrected chi connectivity index (χ3v) is 4.82. The number of aryl methyl sites for hydroxylation is 1. The molecule has 0 aliphatic carbocycles. The number of imidazole rings is 1. The van der Waals surface area contributed by atoms with E-state index in [4.69, 9.17) is 16.3 Å². The van der Waals surface area contributed by atoms with Crippen LogP contribution < -0.4 is 4.74 Å². The first-order valence-corrected chi connectivity index (χ1v) is 9.22. The molecule has 4 rings (SSSR count). The van der Waals surface area contributed by atoms with Gasteiger partial charge < -0.3 is 9.14 Å². The lowest BCUT2D eigenvalue weighted by Gasteiger charge is -2.10. The van der Waals surface area contributed by atoms with Crippen LogP contribution in [0.3, 0.4) is 0 Å². The standard InChI is InChI=1S/C22H16ClF3N2O/c1-14-9-16(7-8-20(14)29-13-15-5-3-2-4-6-15)19-12-28-11-17(22(24,25)26)10-18(23)21(28)27-19/h2-12H,13H2,1H3. The molecule has 2 aromatic heterocycles. The Morgan fingerprint density at radius 3 is 2.48 bits per heavy atom. The Bertz CT molecular complexity index is 1170. The Hall–Kier alpha value is -2.99. The van der Waals surface area contributed by atoms with Crippen LogP contribution in [0.5, 0.6) is 5.75 Å². The summed E-state index contributed by atoms with van der Waals surface area (Å²) in [5.74, 6) is 0.735. The van der Waals surface area contributed by atoms with Crippen molar-refractivity contribution in [1.29, 1.82) is 0 Å². The lowest BCUT2D eigenvalue weighted by atomic mass is 10.1. The number of benzene rings is 2. The third kappa shape index (κ3) is 4.07. The first-order valence-electron chi connectivity index (χ1n) is 8.84. The van der Waals surface area contributed by atoms with Crippen LogP contribution in [0, 0.1) is 6.92 Å². The number of ether oxygens (including phenoxy) is 1. The van der Waals surface area contributed by atoms with E-state index in [0.29, 0.717) is 12.3 Å². The molecule has 0 bridgehead atoms. The minimum atomic E-state index is -4.48. The van der Waals surface area contributed by atoms with E-state index in [2.05, 4.69) is 4.98 Å². The van der Waals surface area contributed by atoms with Gasteiger partial charge in [-0.2, -0.15) is 13.2 Å². The first-order chi connectivity index (χ1) is 13.8. The van der Waals surface area contributed by atoms with Crippen LogP contribution in [0.1, 0.15) is 16.7 Å². The topological polar surface area (TPSA) is 26.5 Å². The van der Waals surface area contributed by atoms with E-state index in [1.165, 1.54) is 10.6 Å². The van der Waals surface area contributed by atoms with Crippen LogP contribution in [0.15, 0.2) is 67.0 Å². The molecule has 29 heavy (non-hydrogen) atoms. The lowest BCUT2D eigenvalue weighted by Crippen LogP contribution is -2.06. The lowest BCUT2D eigenvalue weighted by molar-refractivity contribution is -0.137. The van der Waals surface area contributed by atoms with Crippen LogP contribution in [-0.4, -0.2) is 9.38 Å². The average Bonchev–Trinajstić information content (AvgIpc) is 3.12. The van der Waals surface area contributed by atoms with Crippen molar-refractivity contribution < 1.29 is 17.9 Å². The summed E-state index contributed by atoms with van der Waals surface area (Å²) in [5.41, 5.74) is 2.72. The summed E-state index contributed by atoms with van der Waals surface area (Å²) in [5, 5.41) is -0.0504. The number of hydrogen-bond donors (Lipinski definition) is 0. The number of rotatable bonds is 4. The molecule has 4 aromatic rings. The van der Waals surface area contributed by atoms with Gasteiger partial charge >= 0.3 is 6.18 Å². The maximum atomic E-state index is 13.0. The Morgan fingerprint density at radius 1 is 1.03 bits per heavy atom. The van der Waals surface area contributed by atoms with Crippen molar-refractivity contribution in [2.75, 3.05) is 0 Å². The highest BCUT2D eigenvalue weighted by molar-refractivity contribution is 6.33. The van der Waals surface area contributed by atoms with Crippen molar-refractivity contribution in [2.24, 2.45) is 0 Å². The molecule has 0 amide bonds. The van der Waals surface area contributed by atoms with E-state index >= 15 is 0 Å². The van der Waals surface area contributed by atoms with Crippen molar-refractivity contribution in [2.45, 2.75) is 19.7 Å². The fourth-order valence-electron chi connectivity index (χ4n) is 3.06. The van der Waals surface area contributed by atoms with Crippen LogP contribution in [-0.2, 0) is 12.8 Å². The average molecular weight is 417 g/mol. The number of alkyl halides is 3. The van der Waals surface area contributed by atoms with Gasteiger partial charge in [0.2, 0.25) is 0 Å². The number of pyridine rings is 1. The molecule has 0 aliphatic heterocycles. The maximum Gasteiger partial charge on any atom is 0.417 e. The second-order valence-electron chi connectivity index (χ2n) is 6.69. The van der Waals surface area contributed by atoms with Crippen LogP contribution >= 0.6 is 11.6 Å². The number of fused-ring (bicyclic) bond motifs is 1. The van der Waals surface area contributed by atoms with Crippen molar-refractivity contribution >= 4 is 17.2 Å². The smallest absolute Gasteiger partial charge is 0.417 e. The predicted molar refractivity (Wildman–Crippen MR) is 106 cm³/mol. The quantitative estimate of drug-likeness (QED) is 0.376. The van der Waals surface area contributed by atoms with Gasteiger partial charge in [0.15, 0.2) is 5.65 Å². The molecule has 0 aliphatic rings. The zero-order valence-corrected chi connectivity index (χ0v) is 16.1. The fourth-order valence-corrected chi connectivity index (χ4v) is 3.31. The van der Waals surface area contributed by atoms with Gasteiger partial charge in [-0.3, -0.25) is 0 Å². The number of hydrogen-bond acceptors (Lipinski definition) is 2. The van der Waals surface area contributed by atoms with E-state index in [-0.39, 0.29) is 10.7 Å². The van der Waals surface area contributed by atoms with Gasteiger partial charge in [-0.05, 0) is 42.3 Å².